The minimum atomic E-state index is 0.318. The third-order valence-corrected chi connectivity index (χ3v) is 2.90. The number of unbranched alkanes of at least 4 members (excludes halogenated alkanes) is 2. The maximum Gasteiger partial charge on any atom is 0.231 e. The smallest absolute Gasteiger partial charge is 0.231 e. The summed E-state index contributed by atoms with van der Waals surface area (Å²) in [6.07, 6.45) is 3.26. The zero-order valence-corrected chi connectivity index (χ0v) is 10.5. The SMILES string of the molecule is ClCCCCCOCc1ccc2c(c1)OCO2. The highest BCUT2D eigenvalue weighted by Crippen LogP contribution is 2.32. The van der Waals surface area contributed by atoms with Gasteiger partial charge in [0, 0.05) is 12.5 Å². The standard InChI is InChI=1S/C13H17ClO3/c14-6-2-1-3-7-15-9-11-4-5-12-13(8-11)17-10-16-12/h4-5,8H,1-3,6-7,9-10H2. The molecule has 0 N–H and O–H groups in total. The van der Waals surface area contributed by atoms with Gasteiger partial charge < -0.3 is 14.2 Å². The van der Waals surface area contributed by atoms with Crippen LogP contribution in [0.3, 0.4) is 0 Å². The first-order valence-corrected chi connectivity index (χ1v) is 6.46. The van der Waals surface area contributed by atoms with E-state index in [0.717, 1.165) is 48.8 Å². The Bertz CT molecular complexity index is 355. The van der Waals surface area contributed by atoms with Crippen LogP contribution in [0.25, 0.3) is 0 Å². The maximum absolute atomic E-state index is 5.60. The predicted molar refractivity (Wildman–Crippen MR) is 66.8 cm³/mol. The van der Waals surface area contributed by atoms with E-state index in [2.05, 4.69) is 0 Å². The Morgan fingerprint density at radius 3 is 2.88 bits per heavy atom. The number of hydrogen-bond acceptors (Lipinski definition) is 3. The molecule has 4 heteroatoms. The van der Waals surface area contributed by atoms with Crippen LogP contribution in [0.5, 0.6) is 11.5 Å². The molecule has 0 amide bonds. The molecule has 1 aromatic rings. The van der Waals surface area contributed by atoms with Gasteiger partial charge in [-0.3, -0.25) is 0 Å². The van der Waals surface area contributed by atoms with Crippen LogP contribution in [0.2, 0.25) is 0 Å². The minimum absolute atomic E-state index is 0.318. The average molecular weight is 257 g/mol. The molecule has 0 bridgehead atoms. The molecule has 0 radical (unpaired) electrons. The molecule has 0 aromatic heterocycles. The van der Waals surface area contributed by atoms with Crippen LogP contribution in [0, 0.1) is 0 Å². The zero-order chi connectivity index (χ0) is 11.9. The number of ether oxygens (including phenoxy) is 3. The van der Waals surface area contributed by atoms with Crippen molar-refractivity contribution < 1.29 is 14.2 Å². The second-order valence-electron chi connectivity index (χ2n) is 3.99. The number of halogens is 1. The third-order valence-electron chi connectivity index (χ3n) is 2.63. The average Bonchev–Trinajstić information content (AvgIpc) is 2.81. The number of fused-ring (bicyclic) bond motifs is 1. The van der Waals surface area contributed by atoms with Crippen molar-refractivity contribution in [3.63, 3.8) is 0 Å². The molecule has 0 atom stereocenters. The normalized spacial score (nSPS) is 13.0. The van der Waals surface area contributed by atoms with Crippen LogP contribution < -0.4 is 9.47 Å². The van der Waals surface area contributed by atoms with Crippen LogP contribution in [-0.4, -0.2) is 19.3 Å². The van der Waals surface area contributed by atoms with Gasteiger partial charge in [-0.1, -0.05) is 6.07 Å². The van der Waals surface area contributed by atoms with Crippen molar-refractivity contribution in [1.82, 2.24) is 0 Å². The van der Waals surface area contributed by atoms with Crippen LogP contribution in [0.4, 0.5) is 0 Å². The van der Waals surface area contributed by atoms with Gasteiger partial charge in [-0.05, 0) is 37.0 Å². The van der Waals surface area contributed by atoms with E-state index in [9.17, 15) is 0 Å². The fourth-order valence-electron chi connectivity index (χ4n) is 1.70. The summed E-state index contributed by atoms with van der Waals surface area (Å²) in [5, 5.41) is 0. The van der Waals surface area contributed by atoms with Crippen molar-refractivity contribution >= 4 is 11.6 Å². The van der Waals surface area contributed by atoms with E-state index < -0.39 is 0 Å². The lowest BCUT2D eigenvalue weighted by Gasteiger charge is -2.05. The molecule has 94 valence electrons. The van der Waals surface area contributed by atoms with Crippen molar-refractivity contribution in [2.75, 3.05) is 19.3 Å². The highest BCUT2D eigenvalue weighted by Gasteiger charge is 2.12. The lowest BCUT2D eigenvalue weighted by atomic mass is 10.2. The Morgan fingerprint density at radius 2 is 2.00 bits per heavy atom. The molecule has 2 rings (SSSR count). The summed E-state index contributed by atoms with van der Waals surface area (Å²) in [5.41, 5.74) is 1.12. The van der Waals surface area contributed by atoms with Crippen LogP contribution in [-0.2, 0) is 11.3 Å². The van der Waals surface area contributed by atoms with Crippen molar-refractivity contribution in [3.8, 4) is 11.5 Å². The van der Waals surface area contributed by atoms with Gasteiger partial charge in [0.2, 0.25) is 6.79 Å². The molecule has 0 saturated carbocycles. The Kier molecular flexibility index (Phi) is 4.95. The first-order valence-electron chi connectivity index (χ1n) is 5.92. The van der Waals surface area contributed by atoms with Crippen molar-refractivity contribution in [3.05, 3.63) is 23.8 Å². The second-order valence-corrected chi connectivity index (χ2v) is 4.37. The van der Waals surface area contributed by atoms with E-state index in [4.69, 9.17) is 25.8 Å². The van der Waals surface area contributed by atoms with Crippen molar-refractivity contribution in [1.29, 1.82) is 0 Å². The summed E-state index contributed by atoms with van der Waals surface area (Å²) in [4.78, 5) is 0. The molecule has 1 aromatic carbocycles. The Hall–Kier alpha value is -0.930. The first kappa shape index (κ1) is 12.5. The summed E-state index contributed by atoms with van der Waals surface area (Å²) >= 11 is 5.60. The Morgan fingerprint density at radius 1 is 1.12 bits per heavy atom. The monoisotopic (exact) mass is 256 g/mol. The summed E-state index contributed by atoms with van der Waals surface area (Å²) < 4.78 is 16.1. The molecule has 0 aliphatic carbocycles. The second kappa shape index (κ2) is 6.72. The van der Waals surface area contributed by atoms with E-state index >= 15 is 0 Å². The van der Waals surface area contributed by atoms with Gasteiger partial charge in [-0.2, -0.15) is 0 Å². The van der Waals surface area contributed by atoms with Crippen molar-refractivity contribution in [2.24, 2.45) is 0 Å². The molecule has 0 fully saturated rings. The molecule has 1 aliphatic heterocycles. The summed E-state index contributed by atoms with van der Waals surface area (Å²) in [6.45, 7) is 1.72. The van der Waals surface area contributed by atoms with Gasteiger partial charge in [0.25, 0.3) is 0 Å². The number of alkyl halides is 1. The van der Waals surface area contributed by atoms with Crippen LogP contribution in [0.15, 0.2) is 18.2 Å². The van der Waals surface area contributed by atoms with E-state index in [1.807, 2.05) is 18.2 Å². The Labute approximate surface area is 107 Å². The zero-order valence-electron chi connectivity index (χ0n) is 9.78. The molecule has 0 spiro atoms. The number of rotatable bonds is 7. The number of hydrogen-bond donors (Lipinski definition) is 0. The maximum atomic E-state index is 5.60. The molecule has 1 aliphatic rings. The van der Waals surface area contributed by atoms with E-state index in [1.54, 1.807) is 0 Å². The molecule has 0 saturated heterocycles. The minimum Gasteiger partial charge on any atom is -0.454 e. The fraction of sp³-hybridized carbons (Fsp3) is 0.538. The van der Waals surface area contributed by atoms with Gasteiger partial charge in [-0.15, -0.1) is 11.6 Å². The third kappa shape index (κ3) is 3.79. The van der Waals surface area contributed by atoms with E-state index in [-0.39, 0.29) is 0 Å². The molecular weight excluding hydrogens is 240 g/mol. The number of benzene rings is 1. The molecule has 3 nitrogen and oxygen atoms in total. The summed E-state index contributed by atoms with van der Waals surface area (Å²) in [6, 6.07) is 5.90. The van der Waals surface area contributed by atoms with Crippen LogP contribution >= 0.6 is 11.6 Å². The van der Waals surface area contributed by atoms with Gasteiger partial charge in [0.1, 0.15) is 0 Å². The van der Waals surface area contributed by atoms with Gasteiger partial charge in [0.05, 0.1) is 6.61 Å². The van der Waals surface area contributed by atoms with Gasteiger partial charge in [-0.25, -0.2) is 0 Å². The Balaban J connectivity index is 1.69. The molecule has 17 heavy (non-hydrogen) atoms. The van der Waals surface area contributed by atoms with Gasteiger partial charge in [0.15, 0.2) is 11.5 Å². The predicted octanol–water partition coefficient (Wildman–Crippen LogP) is 3.34. The molecule has 0 unspecified atom stereocenters. The molecular formula is C13H17ClO3. The van der Waals surface area contributed by atoms with Crippen LogP contribution in [0.1, 0.15) is 24.8 Å². The highest BCUT2D eigenvalue weighted by atomic mass is 35.5. The largest absolute Gasteiger partial charge is 0.454 e. The summed E-state index contributed by atoms with van der Waals surface area (Å²) in [7, 11) is 0. The lowest BCUT2D eigenvalue weighted by molar-refractivity contribution is 0.117. The lowest BCUT2D eigenvalue weighted by Crippen LogP contribution is -1.96. The quantitative estimate of drug-likeness (QED) is 0.553. The summed E-state index contributed by atoms with van der Waals surface area (Å²) in [5.74, 6) is 2.37. The van der Waals surface area contributed by atoms with Gasteiger partial charge >= 0.3 is 0 Å². The molecule has 1 heterocycles. The van der Waals surface area contributed by atoms with E-state index in [1.165, 1.54) is 0 Å². The van der Waals surface area contributed by atoms with E-state index in [0.29, 0.717) is 13.4 Å². The fourth-order valence-corrected chi connectivity index (χ4v) is 1.89. The highest BCUT2D eigenvalue weighted by molar-refractivity contribution is 6.17. The first-order chi connectivity index (χ1) is 8.40. The van der Waals surface area contributed by atoms with Crippen molar-refractivity contribution in [2.45, 2.75) is 25.9 Å². The topological polar surface area (TPSA) is 27.7 Å².